The standard InChI is InChI=1S/C13H24N2O3/c1-12(18,11(16)17)10-15-8-7-14-9-13(15)5-3-2-4-6-13/h14,18H,2-10H2,1H3,(H,16,17). The lowest BCUT2D eigenvalue weighted by Crippen LogP contribution is -2.65. The maximum atomic E-state index is 11.1. The number of nitrogens with zero attached hydrogens (tertiary/aromatic N) is 1. The molecule has 3 N–H and O–H groups in total. The lowest BCUT2D eigenvalue weighted by molar-refractivity contribution is -0.161. The molecule has 1 heterocycles. The second kappa shape index (κ2) is 5.15. The van der Waals surface area contributed by atoms with Crippen LogP contribution < -0.4 is 5.32 Å². The SMILES string of the molecule is CC(O)(CN1CCNCC12CCCCC2)C(=O)O. The van der Waals surface area contributed by atoms with Gasteiger partial charge in [-0.2, -0.15) is 0 Å². The number of nitrogens with one attached hydrogen (secondary N) is 1. The average Bonchev–Trinajstić information content (AvgIpc) is 2.33. The minimum Gasteiger partial charge on any atom is -0.479 e. The van der Waals surface area contributed by atoms with Crippen LogP contribution in [0.5, 0.6) is 0 Å². The topological polar surface area (TPSA) is 72.8 Å². The van der Waals surface area contributed by atoms with Crippen LogP contribution in [0.3, 0.4) is 0 Å². The Morgan fingerprint density at radius 3 is 2.67 bits per heavy atom. The van der Waals surface area contributed by atoms with Gasteiger partial charge in [0, 0.05) is 31.7 Å². The van der Waals surface area contributed by atoms with Crippen molar-refractivity contribution in [3.63, 3.8) is 0 Å². The summed E-state index contributed by atoms with van der Waals surface area (Å²) < 4.78 is 0. The Balaban J connectivity index is 2.10. The van der Waals surface area contributed by atoms with Crippen molar-refractivity contribution in [3.05, 3.63) is 0 Å². The van der Waals surface area contributed by atoms with Gasteiger partial charge in [-0.05, 0) is 19.8 Å². The van der Waals surface area contributed by atoms with Gasteiger partial charge in [-0.25, -0.2) is 4.79 Å². The predicted octanol–water partition coefficient (Wildman–Crippen LogP) is 0.430. The molecule has 0 aromatic heterocycles. The minimum atomic E-state index is -1.65. The number of carbonyl (C=O) groups is 1. The Kier molecular flexibility index (Phi) is 3.94. The molecule has 1 atom stereocenters. The van der Waals surface area contributed by atoms with E-state index >= 15 is 0 Å². The third-order valence-electron chi connectivity index (χ3n) is 4.43. The molecule has 1 saturated heterocycles. The van der Waals surface area contributed by atoms with E-state index in [1.807, 2.05) is 0 Å². The third-order valence-corrected chi connectivity index (χ3v) is 4.43. The Morgan fingerprint density at radius 1 is 1.39 bits per heavy atom. The minimum absolute atomic E-state index is 0.0654. The molecule has 1 spiro atoms. The summed E-state index contributed by atoms with van der Waals surface area (Å²) in [4.78, 5) is 13.3. The molecule has 104 valence electrons. The van der Waals surface area contributed by atoms with Gasteiger partial charge in [0.25, 0.3) is 0 Å². The first kappa shape index (κ1) is 13.8. The maximum absolute atomic E-state index is 11.1. The molecule has 0 aromatic rings. The summed E-state index contributed by atoms with van der Waals surface area (Å²) in [5.41, 5.74) is -1.59. The number of carboxylic acid groups (broad SMARTS) is 1. The van der Waals surface area contributed by atoms with Crippen LogP contribution in [-0.4, -0.2) is 58.4 Å². The van der Waals surface area contributed by atoms with Crippen molar-refractivity contribution in [2.45, 2.75) is 50.2 Å². The molecule has 1 unspecified atom stereocenters. The molecule has 0 amide bonds. The number of hydrogen-bond donors (Lipinski definition) is 3. The number of β-amino-alcohol motifs (C(OH)–C–C–N with tert-alkyl or cyclic N) is 1. The highest BCUT2D eigenvalue weighted by Crippen LogP contribution is 2.35. The van der Waals surface area contributed by atoms with Gasteiger partial charge in [-0.3, -0.25) is 4.90 Å². The Morgan fingerprint density at radius 2 is 2.06 bits per heavy atom. The van der Waals surface area contributed by atoms with Crippen molar-refractivity contribution in [2.75, 3.05) is 26.2 Å². The number of aliphatic carboxylic acids is 1. The number of rotatable bonds is 3. The normalized spacial score (nSPS) is 27.9. The fraction of sp³-hybridized carbons (Fsp3) is 0.923. The van der Waals surface area contributed by atoms with Crippen molar-refractivity contribution < 1.29 is 15.0 Å². The van der Waals surface area contributed by atoms with Crippen molar-refractivity contribution in [1.29, 1.82) is 0 Å². The van der Waals surface area contributed by atoms with Crippen LogP contribution in [0.2, 0.25) is 0 Å². The zero-order valence-electron chi connectivity index (χ0n) is 11.1. The molecule has 18 heavy (non-hydrogen) atoms. The Labute approximate surface area is 108 Å². The van der Waals surface area contributed by atoms with Gasteiger partial charge in [0.15, 0.2) is 5.60 Å². The molecular weight excluding hydrogens is 232 g/mol. The van der Waals surface area contributed by atoms with Crippen LogP contribution in [0, 0.1) is 0 Å². The largest absolute Gasteiger partial charge is 0.479 e. The molecule has 0 aromatic carbocycles. The molecule has 1 saturated carbocycles. The maximum Gasteiger partial charge on any atom is 0.336 e. The highest BCUT2D eigenvalue weighted by Gasteiger charge is 2.44. The summed E-state index contributed by atoms with van der Waals surface area (Å²) in [6, 6.07) is 0. The van der Waals surface area contributed by atoms with E-state index in [9.17, 15) is 9.90 Å². The van der Waals surface area contributed by atoms with Gasteiger partial charge < -0.3 is 15.5 Å². The first-order chi connectivity index (χ1) is 8.46. The van der Waals surface area contributed by atoms with Crippen LogP contribution in [0.25, 0.3) is 0 Å². The van der Waals surface area contributed by atoms with Crippen LogP contribution >= 0.6 is 0 Å². The van der Waals surface area contributed by atoms with Gasteiger partial charge in [0.1, 0.15) is 0 Å². The van der Waals surface area contributed by atoms with E-state index in [2.05, 4.69) is 10.2 Å². The lowest BCUT2D eigenvalue weighted by atomic mass is 9.78. The van der Waals surface area contributed by atoms with E-state index in [0.29, 0.717) is 0 Å². The molecule has 1 aliphatic heterocycles. The van der Waals surface area contributed by atoms with E-state index in [4.69, 9.17) is 5.11 Å². The molecular formula is C13H24N2O3. The van der Waals surface area contributed by atoms with E-state index < -0.39 is 11.6 Å². The van der Waals surface area contributed by atoms with E-state index in [1.165, 1.54) is 26.2 Å². The van der Waals surface area contributed by atoms with Crippen LogP contribution in [0.1, 0.15) is 39.0 Å². The fourth-order valence-corrected chi connectivity index (χ4v) is 3.27. The molecule has 0 radical (unpaired) electrons. The number of aliphatic hydroxyl groups is 1. The Bertz CT molecular complexity index is 303. The molecule has 1 aliphatic carbocycles. The predicted molar refractivity (Wildman–Crippen MR) is 68.5 cm³/mol. The van der Waals surface area contributed by atoms with Gasteiger partial charge in [-0.1, -0.05) is 19.3 Å². The van der Waals surface area contributed by atoms with E-state index in [0.717, 1.165) is 32.5 Å². The monoisotopic (exact) mass is 256 g/mol. The molecule has 2 aliphatic rings. The first-order valence-corrected chi connectivity index (χ1v) is 6.88. The van der Waals surface area contributed by atoms with Crippen LogP contribution in [0.4, 0.5) is 0 Å². The molecule has 0 bridgehead atoms. The summed E-state index contributed by atoms with van der Waals surface area (Å²) >= 11 is 0. The third kappa shape index (κ3) is 2.68. The highest BCUT2D eigenvalue weighted by molar-refractivity contribution is 5.76. The van der Waals surface area contributed by atoms with Crippen molar-refractivity contribution in [1.82, 2.24) is 10.2 Å². The molecule has 2 fully saturated rings. The summed E-state index contributed by atoms with van der Waals surface area (Å²) in [6.07, 6.45) is 5.89. The number of piperazine rings is 1. The van der Waals surface area contributed by atoms with Gasteiger partial charge in [0.05, 0.1) is 0 Å². The smallest absolute Gasteiger partial charge is 0.336 e. The van der Waals surface area contributed by atoms with E-state index in [1.54, 1.807) is 0 Å². The van der Waals surface area contributed by atoms with Crippen molar-refractivity contribution in [2.24, 2.45) is 0 Å². The second-order valence-electron chi connectivity index (χ2n) is 5.96. The highest BCUT2D eigenvalue weighted by atomic mass is 16.4. The summed E-state index contributed by atoms with van der Waals surface area (Å²) in [6.45, 7) is 4.24. The molecule has 2 rings (SSSR count). The second-order valence-corrected chi connectivity index (χ2v) is 5.96. The number of carboxylic acids is 1. The summed E-state index contributed by atoms with van der Waals surface area (Å²) in [5.74, 6) is -1.13. The zero-order valence-corrected chi connectivity index (χ0v) is 11.1. The van der Waals surface area contributed by atoms with Crippen LogP contribution in [0.15, 0.2) is 0 Å². The van der Waals surface area contributed by atoms with Crippen molar-refractivity contribution in [3.8, 4) is 0 Å². The first-order valence-electron chi connectivity index (χ1n) is 6.88. The number of hydrogen-bond acceptors (Lipinski definition) is 4. The summed E-state index contributed by atoms with van der Waals surface area (Å²) in [7, 11) is 0. The van der Waals surface area contributed by atoms with Gasteiger partial charge in [-0.15, -0.1) is 0 Å². The van der Waals surface area contributed by atoms with E-state index in [-0.39, 0.29) is 12.1 Å². The molecule has 5 nitrogen and oxygen atoms in total. The quantitative estimate of drug-likeness (QED) is 0.683. The lowest BCUT2D eigenvalue weighted by Gasteiger charge is -2.51. The zero-order chi connectivity index (χ0) is 13.2. The van der Waals surface area contributed by atoms with Crippen LogP contribution in [-0.2, 0) is 4.79 Å². The molecule has 5 heteroatoms. The van der Waals surface area contributed by atoms with Gasteiger partial charge >= 0.3 is 5.97 Å². The summed E-state index contributed by atoms with van der Waals surface area (Å²) in [5, 5.41) is 22.5. The van der Waals surface area contributed by atoms with Crippen molar-refractivity contribution >= 4 is 5.97 Å². The average molecular weight is 256 g/mol. The van der Waals surface area contributed by atoms with Gasteiger partial charge in [0.2, 0.25) is 0 Å². The Hall–Kier alpha value is -0.650. The fourth-order valence-electron chi connectivity index (χ4n) is 3.27.